The first kappa shape index (κ1) is 11.0. The summed E-state index contributed by atoms with van der Waals surface area (Å²) in [5, 5.41) is 18.2. The Kier molecular flexibility index (Phi) is 3.71. The zero-order valence-corrected chi connectivity index (χ0v) is 8.66. The van der Waals surface area contributed by atoms with Gasteiger partial charge in [-0.05, 0) is 13.3 Å². The average Bonchev–Trinajstić information content (AvgIpc) is 2.09. The summed E-state index contributed by atoms with van der Waals surface area (Å²) in [6.45, 7) is 6.56. The van der Waals surface area contributed by atoms with Crippen LogP contribution in [-0.4, -0.2) is 47.5 Å². The van der Waals surface area contributed by atoms with Gasteiger partial charge < -0.3 is 10.2 Å². The van der Waals surface area contributed by atoms with Crippen molar-refractivity contribution in [1.29, 1.82) is 0 Å². The van der Waals surface area contributed by atoms with Crippen molar-refractivity contribution in [2.75, 3.05) is 26.3 Å². The fraction of sp³-hybridized carbons (Fsp3) is 1.00. The first-order valence-corrected chi connectivity index (χ1v) is 5.13. The van der Waals surface area contributed by atoms with Crippen molar-refractivity contribution < 1.29 is 10.2 Å². The predicted octanol–water partition coefficient (Wildman–Crippen LogP) is 0.462. The minimum atomic E-state index is 0.137. The summed E-state index contributed by atoms with van der Waals surface area (Å²) < 4.78 is 0. The van der Waals surface area contributed by atoms with E-state index in [1.54, 1.807) is 0 Å². The van der Waals surface area contributed by atoms with Crippen LogP contribution in [0.15, 0.2) is 0 Å². The minimum absolute atomic E-state index is 0.137. The molecule has 1 atom stereocenters. The van der Waals surface area contributed by atoms with Gasteiger partial charge in [0.1, 0.15) is 0 Å². The van der Waals surface area contributed by atoms with Gasteiger partial charge in [-0.2, -0.15) is 0 Å². The van der Waals surface area contributed by atoms with Gasteiger partial charge in [0.2, 0.25) is 0 Å². The Morgan fingerprint density at radius 3 is 2.38 bits per heavy atom. The molecule has 2 N–H and O–H groups in total. The predicted molar refractivity (Wildman–Crippen MR) is 52.5 cm³/mol. The van der Waals surface area contributed by atoms with E-state index in [0.717, 1.165) is 25.9 Å². The van der Waals surface area contributed by atoms with E-state index in [-0.39, 0.29) is 24.7 Å². The summed E-state index contributed by atoms with van der Waals surface area (Å²) in [7, 11) is 0. The zero-order valence-electron chi connectivity index (χ0n) is 8.66. The van der Waals surface area contributed by atoms with Gasteiger partial charge in [-0.25, -0.2) is 0 Å². The van der Waals surface area contributed by atoms with Crippen molar-refractivity contribution in [1.82, 2.24) is 4.90 Å². The van der Waals surface area contributed by atoms with Gasteiger partial charge in [-0.15, -0.1) is 0 Å². The SMILES string of the molecule is CCCC1(CO)CN(C(C)CO)C1. The molecular weight excluding hydrogens is 166 g/mol. The third kappa shape index (κ3) is 2.22. The fourth-order valence-corrected chi connectivity index (χ4v) is 2.11. The van der Waals surface area contributed by atoms with Crippen LogP contribution in [0.2, 0.25) is 0 Å². The first-order chi connectivity index (χ1) is 6.17. The summed E-state index contributed by atoms with van der Waals surface area (Å²) >= 11 is 0. The van der Waals surface area contributed by atoms with Crippen LogP contribution in [0.5, 0.6) is 0 Å². The van der Waals surface area contributed by atoms with Crippen molar-refractivity contribution in [3.63, 3.8) is 0 Å². The van der Waals surface area contributed by atoms with E-state index >= 15 is 0 Å². The molecule has 0 spiro atoms. The Morgan fingerprint density at radius 1 is 1.38 bits per heavy atom. The third-order valence-electron chi connectivity index (χ3n) is 3.08. The monoisotopic (exact) mass is 187 g/mol. The van der Waals surface area contributed by atoms with Gasteiger partial charge >= 0.3 is 0 Å². The zero-order chi connectivity index (χ0) is 9.90. The molecule has 1 unspecified atom stereocenters. The van der Waals surface area contributed by atoms with Crippen LogP contribution in [-0.2, 0) is 0 Å². The Hall–Kier alpha value is -0.120. The number of aliphatic hydroxyl groups excluding tert-OH is 2. The van der Waals surface area contributed by atoms with Crippen LogP contribution < -0.4 is 0 Å². The first-order valence-electron chi connectivity index (χ1n) is 5.13. The Labute approximate surface area is 80.4 Å². The van der Waals surface area contributed by atoms with E-state index < -0.39 is 0 Å². The van der Waals surface area contributed by atoms with Gasteiger partial charge in [0.05, 0.1) is 13.2 Å². The normalized spacial score (nSPS) is 24.0. The molecule has 0 aromatic rings. The van der Waals surface area contributed by atoms with Gasteiger partial charge in [-0.3, -0.25) is 4.90 Å². The quantitative estimate of drug-likeness (QED) is 0.657. The van der Waals surface area contributed by atoms with E-state index in [1.165, 1.54) is 0 Å². The molecule has 0 radical (unpaired) electrons. The molecule has 0 aromatic carbocycles. The molecule has 78 valence electrons. The number of hydrogen-bond donors (Lipinski definition) is 2. The third-order valence-corrected chi connectivity index (χ3v) is 3.08. The highest BCUT2D eigenvalue weighted by Gasteiger charge is 2.42. The van der Waals surface area contributed by atoms with Crippen molar-refractivity contribution in [2.45, 2.75) is 32.7 Å². The molecule has 1 fully saturated rings. The van der Waals surface area contributed by atoms with Crippen molar-refractivity contribution in [3.8, 4) is 0 Å². The van der Waals surface area contributed by atoms with E-state index in [1.807, 2.05) is 6.92 Å². The molecule has 1 saturated heterocycles. The van der Waals surface area contributed by atoms with Gasteiger partial charge in [0.15, 0.2) is 0 Å². The lowest BCUT2D eigenvalue weighted by molar-refractivity contribution is -0.0756. The molecule has 1 aliphatic rings. The maximum absolute atomic E-state index is 9.25. The maximum Gasteiger partial charge on any atom is 0.0584 e. The van der Waals surface area contributed by atoms with Crippen molar-refractivity contribution in [2.24, 2.45) is 5.41 Å². The second-order valence-electron chi connectivity index (χ2n) is 4.34. The summed E-state index contributed by atoms with van der Waals surface area (Å²) in [4.78, 5) is 2.23. The molecule has 0 amide bonds. The summed E-state index contributed by atoms with van der Waals surface area (Å²) in [5.41, 5.74) is 0.137. The molecule has 3 nitrogen and oxygen atoms in total. The topological polar surface area (TPSA) is 43.7 Å². The summed E-state index contributed by atoms with van der Waals surface area (Å²) in [6, 6.07) is 0.247. The van der Waals surface area contributed by atoms with Gasteiger partial charge in [0, 0.05) is 24.5 Å². The molecule has 1 rings (SSSR count). The molecule has 0 aromatic heterocycles. The second-order valence-corrected chi connectivity index (χ2v) is 4.34. The molecule has 0 saturated carbocycles. The van der Waals surface area contributed by atoms with Gasteiger partial charge in [-0.1, -0.05) is 13.3 Å². The lowest BCUT2D eigenvalue weighted by Gasteiger charge is -2.51. The molecule has 1 aliphatic heterocycles. The number of hydrogen-bond acceptors (Lipinski definition) is 3. The highest BCUT2D eigenvalue weighted by molar-refractivity contribution is 4.95. The smallest absolute Gasteiger partial charge is 0.0584 e. The van der Waals surface area contributed by atoms with Crippen LogP contribution >= 0.6 is 0 Å². The Bertz CT molecular complexity index is 155. The molecule has 0 bridgehead atoms. The fourth-order valence-electron chi connectivity index (χ4n) is 2.11. The largest absolute Gasteiger partial charge is 0.396 e. The van der Waals surface area contributed by atoms with Crippen LogP contribution in [0.1, 0.15) is 26.7 Å². The molecule has 3 heteroatoms. The standard InChI is InChI=1S/C10H21NO2/c1-3-4-10(8-13)6-11(7-10)9(2)5-12/h9,12-13H,3-8H2,1-2H3. The molecule has 1 heterocycles. The Morgan fingerprint density at radius 2 is 2.00 bits per heavy atom. The van der Waals surface area contributed by atoms with Crippen LogP contribution in [0, 0.1) is 5.41 Å². The molecule has 0 aliphatic carbocycles. The summed E-state index contributed by atoms with van der Waals surface area (Å²) in [6.07, 6.45) is 2.22. The van der Waals surface area contributed by atoms with Crippen molar-refractivity contribution in [3.05, 3.63) is 0 Å². The van der Waals surface area contributed by atoms with Crippen molar-refractivity contribution >= 4 is 0 Å². The molecular formula is C10H21NO2. The van der Waals surface area contributed by atoms with Gasteiger partial charge in [0.25, 0.3) is 0 Å². The lowest BCUT2D eigenvalue weighted by atomic mass is 9.76. The number of likely N-dealkylation sites (tertiary alicyclic amines) is 1. The van der Waals surface area contributed by atoms with E-state index in [9.17, 15) is 5.11 Å². The van der Waals surface area contributed by atoms with Crippen LogP contribution in [0.4, 0.5) is 0 Å². The number of rotatable bonds is 5. The number of nitrogens with zero attached hydrogens (tertiary/aromatic N) is 1. The van der Waals surface area contributed by atoms with Crippen LogP contribution in [0.3, 0.4) is 0 Å². The van der Waals surface area contributed by atoms with E-state index in [2.05, 4.69) is 11.8 Å². The van der Waals surface area contributed by atoms with E-state index in [4.69, 9.17) is 5.11 Å². The second kappa shape index (κ2) is 4.40. The number of aliphatic hydroxyl groups is 2. The highest BCUT2D eigenvalue weighted by atomic mass is 16.3. The summed E-state index contributed by atoms with van der Waals surface area (Å²) in [5.74, 6) is 0. The minimum Gasteiger partial charge on any atom is -0.396 e. The highest BCUT2D eigenvalue weighted by Crippen LogP contribution is 2.35. The van der Waals surface area contributed by atoms with E-state index in [0.29, 0.717) is 0 Å². The maximum atomic E-state index is 9.25. The Balaban J connectivity index is 2.35. The van der Waals surface area contributed by atoms with Crippen LogP contribution in [0.25, 0.3) is 0 Å². The average molecular weight is 187 g/mol. The molecule has 13 heavy (non-hydrogen) atoms. The lowest BCUT2D eigenvalue weighted by Crippen LogP contribution is -2.61.